The summed E-state index contributed by atoms with van der Waals surface area (Å²) in [4.78, 5) is 22.7. The first-order valence-corrected chi connectivity index (χ1v) is 6.43. The third kappa shape index (κ3) is 2.31. The van der Waals surface area contributed by atoms with Gasteiger partial charge in [-0.1, -0.05) is 36.4 Å². The second-order valence-corrected chi connectivity index (χ2v) is 4.82. The minimum absolute atomic E-state index is 0.324. The van der Waals surface area contributed by atoms with Gasteiger partial charge in [0, 0.05) is 11.6 Å². The van der Waals surface area contributed by atoms with Crippen LogP contribution in [0.1, 0.15) is 16.1 Å². The van der Waals surface area contributed by atoms with E-state index in [0.717, 1.165) is 10.8 Å². The van der Waals surface area contributed by atoms with Gasteiger partial charge in [-0.15, -0.1) is 0 Å². The Balaban J connectivity index is 2.31. The van der Waals surface area contributed by atoms with E-state index < -0.39 is 11.6 Å². The molecule has 0 bridgehead atoms. The SMILES string of the molecule is Cc1cc(=O)oc(C(=O)O)c1-c1ccc2ccccc2c1. The van der Waals surface area contributed by atoms with Crippen LogP contribution in [0, 0.1) is 6.92 Å². The van der Waals surface area contributed by atoms with E-state index in [-0.39, 0.29) is 5.76 Å². The molecule has 0 amide bonds. The molecule has 0 saturated carbocycles. The summed E-state index contributed by atoms with van der Waals surface area (Å²) in [5.74, 6) is -1.57. The summed E-state index contributed by atoms with van der Waals surface area (Å²) in [6.07, 6.45) is 0. The molecule has 21 heavy (non-hydrogen) atoms. The molecule has 0 fully saturated rings. The lowest BCUT2D eigenvalue weighted by Gasteiger charge is -2.09. The number of benzene rings is 2. The molecule has 0 spiro atoms. The lowest BCUT2D eigenvalue weighted by Crippen LogP contribution is -2.09. The molecule has 104 valence electrons. The van der Waals surface area contributed by atoms with E-state index in [1.165, 1.54) is 6.07 Å². The molecule has 4 heteroatoms. The summed E-state index contributed by atoms with van der Waals surface area (Å²) in [6, 6.07) is 14.7. The largest absolute Gasteiger partial charge is 0.475 e. The molecule has 1 aromatic heterocycles. The van der Waals surface area contributed by atoms with Crippen LogP contribution in [0.15, 0.2) is 57.7 Å². The predicted molar refractivity (Wildman–Crippen MR) is 79.6 cm³/mol. The molecular formula is C17H12O4. The molecule has 0 unspecified atom stereocenters. The van der Waals surface area contributed by atoms with Crippen molar-refractivity contribution in [2.24, 2.45) is 0 Å². The van der Waals surface area contributed by atoms with Crippen molar-refractivity contribution >= 4 is 16.7 Å². The molecule has 3 aromatic rings. The van der Waals surface area contributed by atoms with Gasteiger partial charge in [-0.05, 0) is 34.9 Å². The Morgan fingerprint density at radius 2 is 1.76 bits per heavy atom. The minimum atomic E-state index is -1.25. The number of carbonyl (C=O) groups is 1. The van der Waals surface area contributed by atoms with E-state index in [2.05, 4.69) is 0 Å². The number of carboxylic acid groups (broad SMARTS) is 1. The molecule has 2 aromatic carbocycles. The quantitative estimate of drug-likeness (QED) is 0.780. The summed E-state index contributed by atoms with van der Waals surface area (Å²) >= 11 is 0. The van der Waals surface area contributed by atoms with Crippen LogP contribution in [0.4, 0.5) is 0 Å². The molecule has 4 nitrogen and oxygen atoms in total. The van der Waals surface area contributed by atoms with E-state index >= 15 is 0 Å². The van der Waals surface area contributed by atoms with Gasteiger partial charge >= 0.3 is 11.6 Å². The van der Waals surface area contributed by atoms with Crippen molar-refractivity contribution in [3.05, 3.63) is 70.3 Å². The second kappa shape index (κ2) is 4.90. The molecule has 0 aliphatic rings. The van der Waals surface area contributed by atoms with Gasteiger partial charge in [0.05, 0.1) is 0 Å². The van der Waals surface area contributed by atoms with Gasteiger partial charge in [0.2, 0.25) is 5.76 Å². The smallest absolute Gasteiger partial charge is 0.372 e. The topological polar surface area (TPSA) is 67.5 Å². The van der Waals surface area contributed by atoms with E-state index in [4.69, 9.17) is 4.42 Å². The van der Waals surface area contributed by atoms with Crippen LogP contribution < -0.4 is 5.63 Å². The highest BCUT2D eigenvalue weighted by molar-refractivity contribution is 5.96. The van der Waals surface area contributed by atoms with Crippen LogP contribution in [-0.4, -0.2) is 11.1 Å². The third-order valence-electron chi connectivity index (χ3n) is 3.39. The third-order valence-corrected chi connectivity index (χ3v) is 3.39. The van der Waals surface area contributed by atoms with Gasteiger partial charge in [0.15, 0.2) is 0 Å². The van der Waals surface area contributed by atoms with Crippen molar-refractivity contribution in [2.45, 2.75) is 6.92 Å². The highest BCUT2D eigenvalue weighted by Gasteiger charge is 2.18. The van der Waals surface area contributed by atoms with Crippen molar-refractivity contribution in [1.29, 1.82) is 0 Å². The molecule has 0 aliphatic heterocycles. The van der Waals surface area contributed by atoms with E-state index in [0.29, 0.717) is 16.7 Å². The van der Waals surface area contributed by atoms with Crippen molar-refractivity contribution in [3.63, 3.8) is 0 Å². The number of aryl methyl sites for hydroxylation is 1. The number of hydrogen-bond donors (Lipinski definition) is 1. The van der Waals surface area contributed by atoms with Crippen LogP contribution in [0.3, 0.4) is 0 Å². The van der Waals surface area contributed by atoms with Crippen LogP contribution >= 0.6 is 0 Å². The predicted octanol–water partition coefficient (Wildman–Crippen LogP) is 3.47. The Bertz CT molecular complexity index is 906. The van der Waals surface area contributed by atoms with Crippen LogP contribution in [0.2, 0.25) is 0 Å². The fourth-order valence-corrected chi connectivity index (χ4v) is 2.46. The summed E-state index contributed by atoms with van der Waals surface area (Å²) in [5, 5.41) is 11.3. The number of rotatable bonds is 2. The van der Waals surface area contributed by atoms with Crippen LogP contribution in [0.25, 0.3) is 21.9 Å². The van der Waals surface area contributed by atoms with Crippen LogP contribution in [-0.2, 0) is 0 Å². The average Bonchev–Trinajstić information content (AvgIpc) is 2.46. The first-order chi connectivity index (χ1) is 10.1. The molecule has 0 radical (unpaired) electrons. The average molecular weight is 280 g/mol. The maximum Gasteiger partial charge on any atom is 0.372 e. The Hall–Kier alpha value is -2.88. The Morgan fingerprint density at radius 3 is 2.48 bits per heavy atom. The highest BCUT2D eigenvalue weighted by Crippen LogP contribution is 2.29. The molecule has 0 aliphatic carbocycles. The first-order valence-electron chi connectivity index (χ1n) is 6.43. The van der Waals surface area contributed by atoms with Crippen LogP contribution in [0.5, 0.6) is 0 Å². The summed E-state index contributed by atoms with van der Waals surface area (Å²) in [7, 11) is 0. The van der Waals surface area contributed by atoms with Crippen molar-refractivity contribution < 1.29 is 14.3 Å². The standard InChI is InChI=1S/C17H12O4/c1-10-8-14(18)21-16(17(19)20)15(10)13-7-6-11-4-2-3-5-12(11)9-13/h2-9H,1H3,(H,19,20). The normalized spacial score (nSPS) is 10.7. The molecule has 1 heterocycles. The zero-order chi connectivity index (χ0) is 15.0. The fourth-order valence-electron chi connectivity index (χ4n) is 2.46. The van der Waals surface area contributed by atoms with Crippen molar-refractivity contribution in [3.8, 4) is 11.1 Å². The minimum Gasteiger partial charge on any atom is -0.475 e. The second-order valence-electron chi connectivity index (χ2n) is 4.82. The Kier molecular flexibility index (Phi) is 3.06. The highest BCUT2D eigenvalue weighted by atomic mass is 16.4. The zero-order valence-electron chi connectivity index (χ0n) is 11.3. The van der Waals surface area contributed by atoms with Gasteiger partial charge in [-0.25, -0.2) is 9.59 Å². The fraction of sp³-hybridized carbons (Fsp3) is 0.0588. The van der Waals surface area contributed by atoms with Gasteiger partial charge in [-0.3, -0.25) is 0 Å². The first kappa shape index (κ1) is 13.1. The van der Waals surface area contributed by atoms with Crippen molar-refractivity contribution in [1.82, 2.24) is 0 Å². The lowest BCUT2D eigenvalue weighted by molar-refractivity contribution is 0.0658. The van der Waals surface area contributed by atoms with Gasteiger partial charge < -0.3 is 9.52 Å². The summed E-state index contributed by atoms with van der Waals surface area (Å²) in [5.41, 5.74) is 1.08. The van der Waals surface area contributed by atoms with Gasteiger partial charge in [-0.2, -0.15) is 0 Å². The maximum atomic E-state index is 11.4. The monoisotopic (exact) mass is 280 g/mol. The summed E-state index contributed by atoms with van der Waals surface area (Å²) in [6.45, 7) is 1.70. The van der Waals surface area contributed by atoms with Gasteiger partial charge in [0.1, 0.15) is 0 Å². The van der Waals surface area contributed by atoms with E-state index in [9.17, 15) is 14.7 Å². The van der Waals surface area contributed by atoms with Crippen molar-refractivity contribution in [2.75, 3.05) is 0 Å². The number of fused-ring (bicyclic) bond motifs is 1. The number of aromatic carboxylic acids is 1. The number of hydrogen-bond acceptors (Lipinski definition) is 3. The zero-order valence-corrected chi connectivity index (χ0v) is 11.3. The summed E-state index contributed by atoms with van der Waals surface area (Å²) < 4.78 is 4.86. The molecule has 0 saturated heterocycles. The number of carboxylic acids is 1. The molecule has 1 N–H and O–H groups in total. The van der Waals surface area contributed by atoms with E-state index in [1.54, 1.807) is 6.92 Å². The maximum absolute atomic E-state index is 11.4. The molecule has 0 atom stereocenters. The Labute approximate surface area is 120 Å². The lowest BCUT2D eigenvalue weighted by atomic mass is 9.97. The molecule has 3 rings (SSSR count). The van der Waals surface area contributed by atoms with Gasteiger partial charge in [0.25, 0.3) is 0 Å². The Morgan fingerprint density at radius 1 is 1.05 bits per heavy atom. The van der Waals surface area contributed by atoms with E-state index in [1.807, 2.05) is 42.5 Å². The molecular weight excluding hydrogens is 268 g/mol.